The molecule has 0 saturated carbocycles. The van der Waals surface area contributed by atoms with Crippen molar-refractivity contribution in [1.29, 1.82) is 0 Å². The predicted molar refractivity (Wildman–Crippen MR) is 105 cm³/mol. The molecule has 0 spiro atoms. The summed E-state index contributed by atoms with van der Waals surface area (Å²) >= 11 is 0. The summed E-state index contributed by atoms with van der Waals surface area (Å²) in [7, 11) is -2.10. The van der Waals surface area contributed by atoms with Crippen molar-refractivity contribution in [2.24, 2.45) is 0 Å². The molecule has 1 atom stereocenters. The van der Waals surface area contributed by atoms with E-state index < -0.39 is 21.8 Å². The van der Waals surface area contributed by atoms with Gasteiger partial charge in [-0.1, -0.05) is 12.1 Å². The van der Waals surface area contributed by atoms with Gasteiger partial charge in [0, 0.05) is 39.4 Å². The Balaban J connectivity index is 1.98. The molecule has 1 aromatic carbocycles. The maximum Gasteiger partial charge on any atom is 0.309 e. The van der Waals surface area contributed by atoms with Gasteiger partial charge in [-0.05, 0) is 50.3 Å². The van der Waals surface area contributed by atoms with Crippen LogP contribution in [0.25, 0.3) is 0 Å². The van der Waals surface area contributed by atoms with Gasteiger partial charge in [0.1, 0.15) is 0 Å². The summed E-state index contributed by atoms with van der Waals surface area (Å²) in [6.45, 7) is 4.97. The number of rotatable bonds is 8. The molecule has 0 bridgehead atoms. The Morgan fingerprint density at radius 3 is 2.64 bits per heavy atom. The van der Waals surface area contributed by atoms with Gasteiger partial charge in [0.15, 0.2) is 0 Å². The van der Waals surface area contributed by atoms with E-state index in [1.54, 1.807) is 26.2 Å². The van der Waals surface area contributed by atoms with E-state index in [4.69, 9.17) is 4.74 Å². The molecule has 28 heavy (non-hydrogen) atoms. The molecule has 9 heteroatoms. The molecule has 1 aromatic rings. The number of nitrogens with one attached hydrogen (secondary N) is 2. The van der Waals surface area contributed by atoms with Gasteiger partial charge < -0.3 is 15.4 Å². The van der Waals surface area contributed by atoms with Crippen molar-refractivity contribution in [1.82, 2.24) is 14.9 Å². The Morgan fingerprint density at radius 1 is 1.21 bits per heavy atom. The lowest BCUT2D eigenvalue weighted by molar-refractivity contribution is -0.139. The number of benzene rings is 1. The van der Waals surface area contributed by atoms with Crippen LogP contribution in [0, 0.1) is 13.8 Å². The van der Waals surface area contributed by atoms with Crippen LogP contribution in [0.1, 0.15) is 30.4 Å². The Labute approximate surface area is 166 Å². The largest absolute Gasteiger partial charge is 0.385 e. The van der Waals surface area contributed by atoms with Gasteiger partial charge in [-0.25, -0.2) is 8.42 Å². The summed E-state index contributed by atoms with van der Waals surface area (Å²) in [5.41, 5.74) is 1.56. The molecule has 2 rings (SSSR count). The molecule has 1 saturated heterocycles. The van der Waals surface area contributed by atoms with E-state index in [0.717, 1.165) is 5.56 Å². The Kier molecular flexibility index (Phi) is 7.97. The lowest BCUT2D eigenvalue weighted by Crippen LogP contribution is -2.47. The fourth-order valence-electron chi connectivity index (χ4n) is 3.23. The minimum absolute atomic E-state index is 0.106. The highest BCUT2D eigenvalue weighted by Crippen LogP contribution is 2.28. The minimum Gasteiger partial charge on any atom is -0.385 e. The van der Waals surface area contributed by atoms with Crippen LogP contribution in [-0.2, 0) is 24.3 Å². The molecule has 1 unspecified atom stereocenters. The number of ether oxygens (including phenoxy) is 1. The monoisotopic (exact) mass is 411 g/mol. The Bertz CT molecular complexity index is 810. The average Bonchev–Trinajstić information content (AvgIpc) is 3.14. The first-order chi connectivity index (χ1) is 13.3. The highest BCUT2D eigenvalue weighted by atomic mass is 32.2. The summed E-state index contributed by atoms with van der Waals surface area (Å²) in [5.74, 6) is -1.48. The zero-order chi connectivity index (χ0) is 20.7. The fraction of sp³-hybridized carbons (Fsp3) is 0.579. The average molecular weight is 412 g/mol. The number of sulfonamides is 1. The topological polar surface area (TPSA) is 105 Å². The van der Waals surface area contributed by atoms with E-state index in [1.807, 2.05) is 13.0 Å². The lowest BCUT2D eigenvalue weighted by atomic mass is 10.2. The SMILES string of the molecule is COCCCNC(=O)C(=O)NCC1CCCN1S(=O)(=O)c1cc(C)ccc1C. The number of carbonyl (C=O) groups excluding carboxylic acids is 2. The third kappa shape index (κ3) is 5.52. The van der Waals surface area contributed by atoms with Crippen molar-refractivity contribution in [3.05, 3.63) is 29.3 Å². The number of nitrogens with zero attached hydrogens (tertiary/aromatic N) is 1. The first-order valence-corrected chi connectivity index (χ1v) is 10.9. The Morgan fingerprint density at radius 2 is 1.93 bits per heavy atom. The van der Waals surface area contributed by atoms with Gasteiger partial charge in [0.25, 0.3) is 0 Å². The maximum absolute atomic E-state index is 13.1. The van der Waals surface area contributed by atoms with Gasteiger partial charge in [-0.3, -0.25) is 9.59 Å². The third-order valence-electron chi connectivity index (χ3n) is 4.77. The summed E-state index contributed by atoms with van der Waals surface area (Å²) in [5, 5.41) is 5.07. The molecule has 1 fully saturated rings. The Hall–Kier alpha value is -1.97. The van der Waals surface area contributed by atoms with Crippen molar-refractivity contribution >= 4 is 21.8 Å². The van der Waals surface area contributed by atoms with E-state index in [0.29, 0.717) is 49.4 Å². The molecule has 2 amide bonds. The zero-order valence-corrected chi connectivity index (χ0v) is 17.5. The third-order valence-corrected chi connectivity index (χ3v) is 6.86. The second-order valence-electron chi connectivity index (χ2n) is 6.99. The highest BCUT2D eigenvalue weighted by Gasteiger charge is 2.36. The van der Waals surface area contributed by atoms with Crippen LogP contribution in [0.4, 0.5) is 0 Å². The van der Waals surface area contributed by atoms with Gasteiger partial charge in [-0.2, -0.15) is 4.31 Å². The number of carbonyl (C=O) groups is 2. The summed E-state index contributed by atoms with van der Waals surface area (Å²) in [6.07, 6.45) is 1.97. The second kappa shape index (κ2) is 9.99. The van der Waals surface area contributed by atoms with Gasteiger partial charge in [0.05, 0.1) is 4.90 Å². The van der Waals surface area contributed by atoms with Gasteiger partial charge in [-0.15, -0.1) is 0 Å². The van der Waals surface area contributed by atoms with Gasteiger partial charge >= 0.3 is 11.8 Å². The number of hydrogen-bond donors (Lipinski definition) is 2. The van der Waals surface area contributed by atoms with Crippen molar-refractivity contribution in [2.75, 3.05) is 33.4 Å². The van der Waals surface area contributed by atoms with Crippen LogP contribution >= 0.6 is 0 Å². The number of amides is 2. The maximum atomic E-state index is 13.1. The smallest absolute Gasteiger partial charge is 0.309 e. The van der Waals surface area contributed by atoms with Crippen molar-refractivity contribution in [3.63, 3.8) is 0 Å². The molecule has 1 heterocycles. The second-order valence-corrected chi connectivity index (χ2v) is 8.85. The van der Waals surface area contributed by atoms with E-state index >= 15 is 0 Å². The fourth-order valence-corrected chi connectivity index (χ4v) is 5.23. The van der Waals surface area contributed by atoms with Crippen LogP contribution in [-0.4, -0.2) is 63.9 Å². The molecular weight excluding hydrogens is 382 g/mol. The minimum atomic E-state index is -3.66. The lowest BCUT2D eigenvalue weighted by Gasteiger charge is -2.25. The van der Waals surface area contributed by atoms with E-state index in [1.165, 1.54) is 4.31 Å². The quantitative estimate of drug-likeness (QED) is 0.485. The first kappa shape index (κ1) is 22.3. The number of methoxy groups -OCH3 is 1. The molecule has 156 valence electrons. The van der Waals surface area contributed by atoms with E-state index in [2.05, 4.69) is 10.6 Å². The van der Waals surface area contributed by atoms with Crippen LogP contribution in [0.3, 0.4) is 0 Å². The first-order valence-electron chi connectivity index (χ1n) is 9.41. The summed E-state index contributed by atoms with van der Waals surface area (Å²) < 4.78 is 32.6. The molecule has 1 aliphatic rings. The molecule has 8 nitrogen and oxygen atoms in total. The predicted octanol–water partition coefficient (Wildman–Crippen LogP) is 0.725. The van der Waals surface area contributed by atoms with E-state index in [9.17, 15) is 18.0 Å². The van der Waals surface area contributed by atoms with Crippen molar-refractivity contribution in [2.45, 2.75) is 44.0 Å². The van der Waals surface area contributed by atoms with Crippen LogP contribution in [0.2, 0.25) is 0 Å². The number of hydrogen-bond acceptors (Lipinski definition) is 5. The summed E-state index contributed by atoms with van der Waals surface area (Å²) in [4.78, 5) is 24.1. The zero-order valence-electron chi connectivity index (χ0n) is 16.7. The molecule has 2 N–H and O–H groups in total. The van der Waals surface area contributed by atoms with Crippen LogP contribution < -0.4 is 10.6 Å². The van der Waals surface area contributed by atoms with Crippen LogP contribution in [0.15, 0.2) is 23.1 Å². The van der Waals surface area contributed by atoms with Crippen molar-refractivity contribution in [3.8, 4) is 0 Å². The normalized spacial score (nSPS) is 17.5. The van der Waals surface area contributed by atoms with E-state index in [-0.39, 0.29) is 12.6 Å². The summed E-state index contributed by atoms with van der Waals surface area (Å²) in [6, 6.07) is 4.98. The van der Waals surface area contributed by atoms with Crippen molar-refractivity contribution < 1.29 is 22.7 Å². The standard InChI is InChI=1S/C19H29N3O5S/c1-14-7-8-15(2)17(12-14)28(25,26)22-10-4-6-16(22)13-21-19(24)18(23)20-9-5-11-27-3/h7-8,12,16H,4-6,9-11,13H2,1-3H3,(H,20,23)(H,21,24). The molecule has 0 aliphatic carbocycles. The molecular formula is C19H29N3O5S. The highest BCUT2D eigenvalue weighted by molar-refractivity contribution is 7.89. The molecule has 0 aromatic heterocycles. The molecule has 1 aliphatic heterocycles. The molecule has 0 radical (unpaired) electrons. The number of aryl methyl sites for hydroxylation is 2. The van der Waals surface area contributed by atoms with Crippen LogP contribution in [0.5, 0.6) is 0 Å². The van der Waals surface area contributed by atoms with Gasteiger partial charge in [0.2, 0.25) is 10.0 Å².